The minimum atomic E-state index is -0.573. The quantitative estimate of drug-likeness (QED) is 0.822. The van der Waals surface area contributed by atoms with Crippen molar-refractivity contribution in [3.05, 3.63) is 45.7 Å². The predicted octanol–water partition coefficient (Wildman–Crippen LogP) is 3.93. The molecule has 7 nitrogen and oxygen atoms in total. The van der Waals surface area contributed by atoms with Crippen molar-refractivity contribution in [3.8, 4) is 0 Å². The van der Waals surface area contributed by atoms with E-state index in [1.165, 1.54) is 0 Å². The minimum Gasteiger partial charge on any atom is -0.444 e. The summed E-state index contributed by atoms with van der Waals surface area (Å²) in [6.45, 7) is 8.19. The third kappa shape index (κ3) is 4.30. The largest absolute Gasteiger partial charge is 0.444 e. The zero-order valence-electron chi connectivity index (χ0n) is 16.8. The Balaban J connectivity index is 1.84. The van der Waals surface area contributed by atoms with Crippen LogP contribution in [0.15, 0.2) is 18.2 Å². The zero-order chi connectivity index (χ0) is 20.6. The van der Waals surface area contributed by atoms with Gasteiger partial charge in [0.25, 0.3) is 5.91 Å². The van der Waals surface area contributed by atoms with Gasteiger partial charge in [0, 0.05) is 42.0 Å². The summed E-state index contributed by atoms with van der Waals surface area (Å²) in [5, 5.41) is 7.82. The summed E-state index contributed by atoms with van der Waals surface area (Å²) in [7, 11) is 1.81. The molecule has 0 atom stereocenters. The molecule has 2 amide bonds. The van der Waals surface area contributed by atoms with Gasteiger partial charge < -0.3 is 15.0 Å². The van der Waals surface area contributed by atoms with Crippen LogP contribution < -0.4 is 5.32 Å². The highest BCUT2D eigenvalue weighted by molar-refractivity contribution is 6.31. The Morgan fingerprint density at radius 1 is 1.29 bits per heavy atom. The molecule has 0 aliphatic carbocycles. The van der Waals surface area contributed by atoms with E-state index in [9.17, 15) is 9.59 Å². The number of hydrogen-bond acceptors (Lipinski definition) is 4. The number of carbonyl (C=O) groups excluding carboxylic acids is 2. The van der Waals surface area contributed by atoms with Gasteiger partial charge in [0.2, 0.25) is 0 Å². The number of ether oxygens (including phenoxy) is 1. The molecule has 28 heavy (non-hydrogen) atoms. The van der Waals surface area contributed by atoms with Crippen LogP contribution in [0.5, 0.6) is 0 Å². The Kier molecular flexibility index (Phi) is 5.39. The van der Waals surface area contributed by atoms with Crippen LogP contribution in [0.3, 0.4) is 0 Å². The van der Waals surface area contributed by atoms with Crippen LogP contribution in [0.1, 0.15) is 48.1 Å². The number of anilines is 1. The van der Waals surface area contributed by atoms with Gasteiger partial charge in [-0.3, -0.25) is 9.48 Å². The number of halogens is 1. The topological polar surface area (TPSA) is 76.5 Å². The van der Waals surface area contributed by atoms with Crippen LogP contribution in [0.4, 0.5) is 10.5 Å². The Labute approximate surface area is 169 Å². The van der Waals surface area contributed by atoms with Gasteiger partial charge in [-0.15, -0.1) is 0 Å². The van der Waals surface area contributed by atoms with E-state index < -0.39 is 5.60 Å². The molecule has 0 radical (unpaired) electrons. The maximum absolute atomic E-state index is 12.9. The molecule has 8 heteroatoms. The molecule has 0 saturated heterocycles. The van der Waals surface area contributed by atoms with Crippen molar-refractivity contribution in [3.63, 3.8) is 0 Å². The monoisotopic (exact) mass is 404 g/mol. The van der Waals surface area contributed by atoms with Crippen molar-refractivity contribution in [1.82, 2.24) is 14.7 Å². The molecule has 1 aliphatic rings. The first-order valence-electron chi connectivity index (χ1n) is 9.15. The third-order valence-corrected chi connectivity index (χ3v) is 4.79. The van der Waals surface area contributed by atoms with Crippen molar-refractivity contribution >= 4 is 29.3 Å². The normalized spacial score (nSPS) is 13.9. The van der Waals surface area contributed by atoms with Gasteiger partial charge in [-0.05, 0) is 45.4 Å². The second-order valence-corrected chi connectivity index (χ2v) is 8.40. The summed E-state index contributed by atoms with van der Waals surface area (Å²) in [4.78, 5) is 27.0. The van der Waals surface area contributed by atoms with Gasteiger partial charge in [0.05, 0.1) is 6.54 Å². The zero-order valence-corrected chi connectivity index (χ0v) is 17.6. The van der Waals surface area contributed by atoms with Crippen LogP contribution in [-0.4, -0.2) is 38.8 Å². The number of rotatable bonds is 2. The summed E-state index contributed by atoms with van der Waals surface area (Å²) >= 11 is 6.04. The van der Waals surface area contributed by atoms with Gasteiger partial charge in [-0.25, -0.2) is 4.79 Å². The first kappa shape index (κ1) is 20.2. The molecule has 2 heterocycles. The second-order valence-electron chi connectivity index (χ2n) is 7.96. The lowest BCUT2D eigenvalue weighted by Gasteiger charge is -2.30. The lowest BCUT2D eigenvalue weighted by atomic mass is 10.0. The minimum absolute atomic E-state index is 0.287. The second kappa shape index (κ2) is 7.47. The fraction of sp³-hybridized carbons (Fsp3) is 0.450. The molecular weight excluding hydrogens is 380 g/mol. The predicted molar refractivity (Wildman–Crippen MR) is 108 cm³/mol. The smallest absolute Gasteiger partial charge is 0.410 e. The first-order chi connectivity index (χ1) is 13.0. The lowest BCUT2D eigenvalue weighted by Crippen LogP contribution is -2.40. The number of nitrogens with one attached hydrogen (secondary N) is 1. The SMILES string of the molecule is Cc1ccc(Cl)cc1NC(=O)c1nn(C)c2c1CN(C(=O)OC(C)(C)C)CC2. The van der Waals surface area contributed by atoms with E-state index >= 15 is 0 Å². The molecule has 150 valence electrons. The highest BCUT2D eigenvalue weighted by Crippen LogP contribution is 2.26. The summed E-state index contributed by atoms with van der Waals surface area (Å²) in [5.41, 5.74) is 2.97. The molecule has 2 aromatic rings. The van der Waals surface area contributed by atoms with Gasteiger partial charge in [0.1, 0.15) is 5.60 Å². The van der Waals surface area contributed by atoms with Crippen LogP contribution in [0, 0.1) is 6.92 Å². The molecule has 0 unspecified atom stereocenters. The van der Waals surface area contributed by atoms with Gasteiger partial charge in [0.15, 0.2) is 5.69 Å². The van der Waals surface area contributed by atoms with Crippen molar-refractivity contribution < 1.29 is 14.3 Å². The molecule has 1 N–H and O–H groups in total. The number of hydrogen-bond donors (Lipinski definition) is 1. The summed E-state index contributed by atoms with van der Waals surface area (Å²) in [6, 6.07) is 5.32. The number of carbonyl (C=O) groups is 2. The lowest BCUT2D eigenvalue weighted by molar-refractivity contribution is 0.0222. The fourth-order valence-electron chi connectivity index (χ4n) is 3.17. The van der Waals surface area contributed by atoms with E-state index in [4.69, 9.17) is 16.3 Å². The summed E-state index contributed by atoms with van der Waals surface area (Å²) < 4.78 is 7.18. The third-order valence-electron chi connectivity index (χ3n) is 4.56. The number of amides is 2. The van der Waals surface area contributed by atoms with Gasteiger partial charge in [-0.2, -0.15) is 5.10 Å². The first-order valence-corrected chi connectivity index (χ1v) is 9.53. The van der Waals surface area contributed by atoms with E-state index in [-0.39, 0.29) is 18.5 Å². The van der Waals surface area contributed by atoms with Crippen molar-refractivity contribution in [2.24, 2.45) is 7.05 Å². The average molecular weight is 405 g/mol. The summed E-state index contributed by atoms with van der Waals surface area (Å²) in [5.74, 6) is -0.326. The van der Waals surface area contributed by atoms with E-state index in [1.807, 2.05) is 40.8 Å². The van der Waals surface area contributed by atoms with E-state index in [1.54, 1.807) is 21.7 Å². The van der Waals surface area contributed by atoms with E-state index in [2.05, 4.69) is 10.4 Å². The molecule has 3 rings (SSSR count). The molecule has 1 aliphatic heterocycles. The molecule has 1 aromatic carbocycles. The highest BCUT2D eigenvalue weighted by Gasteiger charge is 2.31. The van der Waals surface area contributed by atoms with E-state index in [0.717, 1.165) is 16.8 Å². The van der Waals surface area contributed by atoms with Gasteiger partial charge >= 0.3 is 6.09 Å². The Bertz CT molecular complexity index is 930. The van der Waals surface area contributed by atoms with Crippen LogP contribution >= 0.6 is 11.6 Å². The standard InChI is InChI=1S/C20H25ClN4O3/c1-12-6-7-13(21)10-15(12)22-18(26)17-14-11-25(19(27)28-20(2,3)4)9-8-16(14)24(5)23-17/h6-7,10H,8-9,11H2,1-5H3,(H,22,26). The molecule has 0 bridgehead atoms. The number of nitrogens with zero attached hydrogens (tertiary/aromatic N) is 3. The molecule has 0 fully saturated rings. The van der Waals surface area contributed by atoms with Crippen LogP contribution in [-0.2, 0) is 24.8 Å². The number of aryl methyl sites for hydroxylation is 2. The fourth-order valence-corrected chi connectivity index (χ4v) is 3.34. The Morgan fingerprint density at radius 3 is 2.68 bits per heavy atom. The maximum Gasteiger partial charge on any atom is 0.410 e. The van der Waals surface area contributed by atoms with Gasteiger partial charge in [-0.1, -0.05) is 17.7 Å². The van der Waals surface area contributed by atoms with Crippen LogP contribution in [0.2, 0.25) is 5.02 Å². The van der Waals surface area contributed by atoms with Crippen LogP contribution in [0.25, 0.3) is 0 Å². The number of benzene rings is 1. The summed E-state index contributed by atoms with van der Waals surface area (Å²) in [6.07, 6.45) is 0.223. The Hall–Kier alpha value is -2.54. The molecule has 0 saturated carbocycles. The van der Waals surface area contributed by atoms with Crippen molar-refractivity contribution in [2.45, 2.75) is 46.3 Å². The number of aromatic nitrogens is 2. The van der Waals surface area contributed by atoms with Crippen molar-refractivity contribution in [1.29, 1.82) is 0 Å². The van der Waals surface area contributed by atoms with Crippen molar-refractivity contribution in [2.75, 3.05) is 11.9 Å². The molecule has 0 spiro atoms. The highest BCUT2D eigenvalue weighted by atomic mass is 35.5. The average Bonchev–Trinajstić information content (AvgIpc) is 2.93. The van der Waals surface area contributed by atoms with E-state index in [0.29, 0.717) is 29.4 Å². The maximum atomic E-state index is 12.9. The number of fused-ring (bicyclic) bond motifs is 1. The molecule has 1 aromatic heterocycles. The Morgan fingerprint density at radius 2 is 2.00 bits per heavy atom. The molecular formula is C20H25ClN4O3.